The van der Waals surface area contributed by atoms with Gasteiger partial charge in [-0.3, -0.25) is 14.4 Å². The molecule has 0 heterocycles. The number of hydrogen-bond acceptors (Lipinski definition) is 4. The number of aliphatic carboxylic acids is 1. The van der Waals surface area contributed by atoms with E-state index in [1.165, 1.54) is 0 Å². The number of esters is 1. The lowest BCUT2D eigenvalue weighted by atomic mass is 9.95. The van der Waals surface area contributed by atoms with Gasteiger partial charge in [-0.15, -0.1) is 0 Å². The topological polar surface area (TPSA) is 80.7 Å². The summed E-state index contributed by atoms with van der Waals surface area (Å²) in [6, 6.07) is 0. The molecule has 2 saturated carbocycles. The van der Waals surface area contributed by atoms with Crippen LogP contribution in [-0.4, -0.2) is 28.4 Å². The molecular formula is C21H34O5. The molecular weight excluding hydrogens is 332 g/mol. The average molecular weight is 366 g/mol. The average Bonchev–Trinajstić information content (AvgIpc) is 3.42. The Balaban J connectivity index is 1.53. The number of rotatable bonds is 12. The summed E-state index contributed by atoms with van der Waals surface area (Å²) in [5.41, 5.74) is -1.20. The first-order chi connectivity index (χ1) is 12.1. The van der Waals surface area contributed by atoms with E-state index in [4.69, 9.17) is 9.84 Å². The van der Waals surface area contributed by atoms with Crippen LogP contribution >= 0.6 is 0 Å². The fraction of sp³-hybridized carbons (Fsp3) is 0.857. The highest BCUT2D eigenvalue weighted by molar-refractivity contribution is 5.80. The van der Waals surface area contributed by atoms with Crippen molar-refractivity contribution >= 4 is 17.7 Å². The third-order valence-electron chi connectivity index (χ3n) is 5.71. The van der Waals surface area contributed by atoms with Crippen molar-refractivity contribution in [1.29, 1.82) is 0 Å². The van der Waals surface area contributed by atoms with Crippen LogP contribution in [0.25, 0.3) is 0 Å². The summed E-state index contributed by atoms with van der Waals surface area (Å²) in [6.07, 6.45) is 9.32. The first-order valence-corrected chi connectivity index (χ1v) is 10.1. The Morgan fingerprint density at radius 1 is 0.846 bits per heavy atom. The van der Waals surface area contributed by atoms with Gasteiger partial charge in [-0.25, -0.2) is 0 Å². The maximum atomic E-state index is 12.2. The Morgan fingerprint density at radius 2 is 1.31 bits per heavy atom. The van der Waals surface area contributed by atoms with Gasteiger partial charge >= 0.3 is 11.9 Å². The third-order valence-corrected chi connectivity index (χ3v) is 5.71. The van der Waals surface area contributed by atoms with Gasteiger partial charge in [0.15, 0.2) is 0 Å². The summed E-state index contributed by atoms with van der Waals surface area (Å²) in [7, 11) is 0. The molecule has 0 saturated heterocycles. The molecule has 0 spiro atoms. The van der Waals surface area contributed by atoms with E-state index in [1.54, 1.807) is 0 Å². The van der Waals surface area contributed by atoms with Crippen LogP contribution in [0, 0.1) is 10.8 Å². The second-order valence-corrected chi connectivity index (χ2v) is 9.32. The van der Waals surface area contributed by atoms with E-state index in [0.717, 1.165) is 57.8 Å². The monoisotopic (exact) mass is 366 g/mol. The predicted octanol–water partition coefficient (Wildman–Crippen LogP) is 4.66. The zero-order chi connectivity index (χ0) is 19.4. The Bertz CT molecular complexity index is 535. The van der Waals surface area contributed by atoms with Crippen LogP contribution in [0.1, 0.15) is 97.8 Å². The Morgan fingerprint density at radius 3 is 1.69 bits per heavy atom. The van der Waals surface area contributed by atoms with E-state index in [2.05, 4.69) is 0 Å². The molecule has 26 heavy (non-hydrogen) atoms. The number of carbonyl (C=O) groups is 3. The van der Waals surface area contributed by atoms with E-state index < -0.39 is 17.0 Å². The number of carboxylic acids is 1. The van der Waals surface area contributed by atoms with Gasteiger partial charge in [0, 0.05) is 12.8 Å². The molecule has 2 rings (SSSR count). The van der Waals surface area contributed by atoms with Crippen molar-refractivity contribution in [2.75, 3.05) is 0 Å². The molecule has 5 heteroatoms. The molecule has 2 fully saturated rings. The van der Waals surface area contributed by atoms with E-state index in [1.807, 2.05) is 20.8 Å². The van der Waals surface area contributed by atoms with Crippen LogP contribution in [0.3, 0.4) is 0 Å². The fourth-order valence-corrected chi connectivity index (χ4v) is 3.51. The lowest BCUT2D eigenvalue weighted by Gasteiger charge is -2.23. The largest absolute Gasteiger partial charge is 0.481 e. The van der Waals surface area contributed by atoms with Crippen molar-refractivity contribution in [2.24, 2.45) is 10.8 Å². The van der Waals surface area contributed by atoms with Gasteiger partial charge in [0.2, 0.25) is 0 Å². The van der Waals surface area contributed by atoms with Crippen molar-refractivity contribution < 1.29 is 24.2 Å². The highest BCUT2D eigenvalue weighted by Gasteiger charge is 2.51. The van der Waals surface area contributed by atoms with Crippen molar-refractivity contribution in [3.63, 3.8) is 0 Å². The van der Waals surface area contributed by atoms with E-state index >= 15 is 0 Å². The van der Waals surface area contributed by atoms with Crippen LogP contribution in [-0.2, 0) is 19.1 Å². The fourth-order valence-electron chi connectivity index (χ4n) is 3.51. The van der Waals surface area contributed by atoms with Crippen LogP contribution in [0.15, 0.2) is 0 Å². The summed E-state index contributed by atoms with van der Waals surface area (Å²) in [4.78, 5) is 35.3. The van der Waals surface area contributed by atoms with Gasteiger partial charge < -0.3 is 9.84 Å². The number of unbranched alkanes of at least 4 members (excludes halogenated alkanes) is 2. The van der Waals surface area contributed by atoms with Crippen LogP contribution in [0.5, 0.6) is 0 Å². The molecule has 0 aromatic rings. The highest BCUT2D eigenvalue weighted by atomic mass is 16.6. The molecule has 0 bridgehead atoms. The lowest BCUT2D eigenvalue weighted by Crippen LogP contribution is -2.29. The second-order valence-electron chi connectivity index (χ2n) is 9.32. The molecule has 1 N–H and O–H groups in total. The van der Waals surface area contributed by atoms with Crippen LogP contribution < -0.4 is 0 Å². The third kappa shape index (κ3) is 6.10. The van der Waals surface area contributed by atoms with E-state index in [9.17, 15) is 14.4 Å². The smallest absolute Gasteiger partial charge is 0.312 e. The molecule has 0 unspecified atom stereocenters. The number of carboxylic acid groups (broad SMARTS) is 1. The summed E-state index contributed by atoms with van der Waals surface area (Å²) in [5, 5.41) is 9.13. The molecule has 0 aromatic carbocycles. The number of ketones is 1. The zero-order valence-corrected chi connectivity index (χ0v) is 16.6. The Kier molecular flexibility index (Phi) is 6.51. The zero-order valence-electron chi connectivity index (χ0n) is 16.6. The SMILES string of the molecule is CC(C)(C)OC(=O)C1(CCCCC(=O)CCCCC2(C(=O)O)CC2)CC1. The molecule has 0 atom stereocenters. The summed E-state index contributed by atoms with van der Waals surface area (Å²) in [5.74, 6) is -0.501. The standard InChI is InChI=1S/C21H34O5/c1-19(2,3)26-18(25)21(14-15-21)11-7-5-9-16(22)8-4-6-10-20(12-13-20)17(23)24/h4-15H2,1-3H3,(H,23,24). The van der Waals surface area contributed by atoms with Crippen molar-refractivity contribution in [1.82, 2.24) is 0 Å². The van der Waals surface area contributed by atoms with Crippen LogP contribution in [0.2, 0.25) is 0 Å². The van der Waals surface area contributed by atoms with E-state index in [-0.39, 0.29) is 17.2 Å². The lowest BCUT2D eigenvalue weighted by molar-refractivity contribution is -0.162. The molecule has 148 valence electrons. The first-order valence-electron chi connectivity index (χ1n) is 10.1. The van der Waals surface area contributed by atoms with Gasteiger partial charge in [0.25, 0.3) is 0 Å². The van der Waals surface area contributed by atoms with Gasteiger partial charge in [0.05, 0.1) is 10.8 Å². The molecule has 0 radical (unpaired) electrons. The summed E-state index contributed by atoms with van der Waals surface area (Å²) in [6.45, 7) is 5.67. The number of hydrogen-bond donors (Lipinski definition) is 1. The summed E-state index contributed by atoms with van der Waals surface area (Å²) >= 11 is 0. The van der Waals surface area contributed by atoms with Gasteiger partial charge in [-0.05, 0) is 72.1 Å². The van der Waals surface area contributed by atoms with Gasteiger partial charge in [-0.1, -0.05) is 12.8 Å². The normalized spacial score (nSPS) is 19.7. The minimum atomic E-state index is -0.678. The quantitative estimate of drug-likeness (QED) is 0.401. The molecule has 2 aliphatic rings. The Hall–Kier alpha value is -1.39. The minimum absolute atomic E-state index is 0.0798. The minimum Gasteiger partial charge on any atom is -0.481 e. The predicted molar refractivity (Wildman–Crippen MR) is 98.8 cm³/mol. The number of carbonyl (C=O) groups excluding carboxylic acids is 2. The van der Waals surface area contributed by atoms with Crippen molar-refractivity contribution in [2.45, 2.75) is 103 Å². The molecule has 0 amide bonds. The van der Waals surface area contributed by atoms with Crippen molar-refractivity contribution in [3.8, 4) is 0 Å². The number of ether oxygens (including phenoxy) is 1. The second kappa shape index (κ2) is 8.10. The summed E-state index contributed by atoms with van der Waals surface area (Å²) < 4.78 is 5.51. The molecule has 2 aliphatic carbocycles. The van der Waals surface area contributed by atoms with Crippen molar-refractivity contribution in [3.05, 3.63) is 0 Å². The number of Topliss-reactive ketones (excluding diaryl/α,β-unsaturated/α-hetero) is 1. The highest BCUT2D eigenvalue weighted by Crippen LogP contribution is 2.51. The van der Waals surface area contributed by atoms with Gasteiger partial charge in [-0.2, -0.15) is 0 Å². The molecule has 0 aliphatic heterocycles. The first kappa shape index (κ1) is 20.9. The van der Waals surface area contributed by atoms with Gasteiger partial charge in [0.1, 0.15) is 11.4 Å². The van der Waals surface area contributed by atoms with E-state index in [0.29, 0.717) is 19.3 Å². The molecule has 5 nitrogen and oxygen atoms in total. The molecule has 0 aromatic heterocycles. The maximum absolute atomic E-state index is 12.2. The Labute approximate surface area is 156 Å². The maximum Gasteiger partial charge on any atom is 0.312 e. The van der Waals surface area contributed by atoms with Crippen LogP contribution in [0.4, 0.5) is 0 Å².